The van der Waals surface area contributed by atoms with Crippen LogP contribution in [0.3, 0.4) is 0 Å². The molecule has 168 valence electrons. The Morgan fingerprint density at radius 1 is 0.788 bits per heavy atom. The number of thiophene rings is 1. The number of rotatable bonds is 3. The second kappa shape index (κ2) is 7.96. The number of hydrogen-bond acceptors (Lipinski definition) is 2. The minimum absolute atomic E-state index is 0.458. The third-order valence-electron chi connectivity index (χ3n) is 7.11. The van der Waals surface area contributed by atoms with Crippen LogP contribution in [0.4, 0.5) is 0 Å². The van der Waals surface area contributed by atoms with Crippen LogP contribution in [0, 0.1) is 20.8 Å². The first-order chi connectivity index (χ1) is 15.6. The van der Waals surface area contributed by atoms with Gasteiger partial charge in [-0.1, -0.05) is 0 Å². The Hall–Kier alpha value is -2.17. The van der Waals surface area contributed by atoms with E-state index in [1.54, 1.807) is 4.40 Å². The van der Waals surface area contributed by atoms with Gasteiger partial charge in [-0.25, -0.2) is 0 Å². The fourth-order valence-electron chi connectivity index (χ4n) is 5.20. The monoisotopic (exact) mass is 513 g/mol. The van der Waals surface area contributed by atoms with Crippen molar-refractivity contribution in [3.63, 3.8) is 0 Å². The molecule has 2 heterocycles. The van der Waals surface area contributed by atoms with E-state index in [0.29, 0.717) is 5.92 Å². The van der Waals surface area contributed by atoms with Crippen molar-refractivity contribution in [2.24, 2.45) is 0 Å². The molecule has 33 heavy (non-hydrogen) atoms. The van der Waals surface area contributed by atoms with E-state index in [4.69, 9.17) is 4.98 Å². The molecule has 3 aromatic carbocycles. The van der Waals surface area contributed by atoms with Crippen molar-refractivity contribution in [2.45, 2.75) is 57.8 Å². The Balaban J connectivity index is 1.82. The number of pyridine rings is 1. The average molecular weight is 512 g/mol. The Bertz CT molecular complexity index is 1550. The maximum atomic E-state index is 4.94. The van der Waals surface area contributed by atoms with Crippen LogP contribution in [0.1, 0.15) is 42.0 Å². The summed E-state index contributed by atoms with van der Waals surface area (Å²) in [5, 5.41) is 5.40. The Kier molecular flexibility index (Phi) is 5.45. The van der Waals surface area contributed by atoms with E-state index in [1.807, 2.05) is 17.5 Å². The van der Waals surface area contributed by atoms with Crippen LogP contribution in [0.15, 0.2) is 48.7 Å². The SMILES string of the molecule is Cc1cc2cc(-c3nccc4c3sc3c(C)[c]([Ge]([CH3])([CH3])[CH3])ccc34)cc(C(C)C)c2cc1C. The molecule has 0 radical (unpaired) electrons. The first kappa shape index (κ1) is 22.6. The van der Waals surface area contributed by atoms with Crippen LogP contribution in [0.2, 0.25) is 17.3 Å². The van der Waals surface area contributed by atoms with Crippen molar-refractivity contribution in [2.75, 3.05) is 0 Å². The zero-order valence-electron chi connectivity index (χ0n) is 21.1. The van der Waals surface area contributed by atoms with Crippen molar-refractivity contribution in [1.82, 2.24) is 4.98 Å². The van der Waals surface area contributed by atoms with Gasteiger partial charge < -0.3 is 0 Å². The van der Waals surface area contributed by atoms with Gasteiger partial charge in [0, 0.05) is 0 Å². The van der Waals surface area contributed by atoms with Crippen LogP contribution < -0.4 is 4.40 Å². The van der Waals surface area contributed by atoms with Gasteiger partial charge in [-0.05, 0) is 6.92 Å². The molecule has 0 fully saturated rings. The summed E-state index contributed by atoms with van der Waals surface area (Å²) in [6, 6.07) is 16.4. The maximum absolute atomic E-state index is 4.94. The van der Waals surface area contributed by atoms with Crippen molar-refractivity contribution >= 4 is 59.9 Å². The van der Waals surface area contributed by atoms with Gasteiger partial charge in [0.15, 0.2) is 0 Å². The molecule has 0 atom stereocenters. The number of hydrogen-bond donors (Lipinski definition) is 0. The van der Waals surface area contributed by atoms with Crippen LogP contribution >= 0.6 is 11.3 Å². The first-order valence-electron chi connectivity index (χ1n) is 11.9. The average Bonchev–Trinajstić information content (AvgIpc) is 3.13. The van der Waals surface area contributed by atoms with Gasteiger partial charge in [-0.15, -0.1) is 0 Å². The van der Waals surface area contributed by atoms with Gasteiger partial charge in [0.2, 0.25) is 0 Å². The van der Waals surface area contributed by atoms with Gasteiger partial charge in [0.25, 0.3) is 0 Å². The van der Waals surface area contributed by atoms with Crippen molar-refractivity contribution in [3.8, 4) is 11.3 Å². The molecule has 0 N–H and O–H groups in total. The molecule has 0 amide bonds. The van der Waals surface area contributed by atoms with Crippen LogP contribution in [-0.2, 0) is 0 Å². The normalized spacial score (nSPS) is 12.5. The quantitative estimate of drug-likeness (QED) is 0.220. The smallest absolute Gasteiger partial charge is 0.0395 e. The predicted octanol–water partition coefficient (Wildman–Crippen LogP) is 8.86. The van der Waals surface area contributed by atoms with Crippen LogP contribution in [0.25, 0.3) is 42.2 Å². The molecular formula is C30H33GeNS. The zero-order chi connectivity index (χ0) is 23.7. The molecule has 0 saturated carbocycles. The molecule has 0 aliphatic carbocycles. The molecule has 3 heteroatoms. The molecule has 0 aliphatic rings. The summed E-state index contributed by atoms with van der Waals surface area (Å²) in [6.45, 7) is 11.3. The van der Waals surface area contributed by atoms with Crippen LogP contribution in [-0.4, -0.2) is 18.3 Å². The van der Waals surface area contributed by atoms with Gasteiger partial charge in [-0.3, -0.25) is 0 Å². The Morgan fingerprint density at radius 2 is 1.48 bits per heavy atom. The fourth-order valence-corrected chi connectivity index (χ4v) is 10.5. The second-order valence-electron chi connectivity index (χ2n) is 10.9. The number of nitrogens with zero attached hydrogens (tertiary/aromatic N) is 1. The molecule has 5 rings (SSSR count). The summed E-state index contributed by atoms with van der Waals surface area (Å²) in [4.78, 5) is 4.94. The summed E-state index contributed by atoms with van der Waals surface area (Å²) in [5.74, 6) is 7.92. The third kappa shape index (κ3) is 3.72. The van der Waals surface area contributed by atoms with E-state index >= 15 is 0 Å². The topological polar surface area (TPSA) is 12.9 Å². The summed E-state index contributed by atoms with van der Waals surface area (Å²) in [7, 11) is 0. The van der Waals surface area contributed by atoms with E-state index in [9.17, 15) is 0 Å². The van der Waals surface area contributed by atoms with E-state index in [-0.39, 0.29) is 0 Å². The third-order valence-corrected chi connectivity index (χ3v) is 13.0. The molecule has 0 unspecified atom stereocenters. The van der Waals surface area contributed by atoms with E-state index in [2.05, 4.69) is 94.4 Å². The summed E-state index contributed by atoms with van der Waals surface area (Å²) in [6.07, 6.45) is 1.99. The summed E-state index contributed by atoms with van der Waals surface area (Å²) < 4.78 is 4.36. The molecule has 0 aliphatic heterocycles. The number of fused-ring (bicyclic) bond motifs is 4. The van der Waals surface area contributed by atoms with Gasteiger partial charge in [0.05, 0.1) is 0 Å². The zero-order valence-corrected chi connectivity index (χ0v) is 24.0. The number of aryl methyl sites for hydroxylation is 3. The molecule has 0 saturated heterocycles. The molecule has 2 aromatic heterocycles. The minimum atomic E-state index is -1.93. The number of aromatic nitrogens is 1. The first-order valence-corrected chi connectivity index (χ1v) is 20.1. The van der Waals surface area contributed by atoms with Crippen molar-refractivity contribution in [3.05, 3.63) is 70.9 Å². The Labute approximate surface area is 204 Å². The van der Waals surface area contributed by atoms with Crippen molar-refractivity contribution in [1.29, 1.82) is 0 Å². The molecule has 1 nitrogen and oxygen atoms in total. The molecule has 0 bridgehead atoms. The summed E-state index contributed by atoms with van der Waals surface area (Å²) >= 11 is 0.00735. The fraction of sp³-hybridized carbons (Fsp3) is 0.300. The Morgan fingerprint density at radius 3 is 2.18 bits per heavy atom. The van der Waals surface area contributed by atoms with Gasteiger partial charge in [-0.2, -0.15) is 0 Å². The molecule has 5 aromatic rings. The van der Waals surface area contributed by atoms with Gasteiger partial charge >= 0.3 is 198 Å². The van der Waals surface area contributed by atoms with E-state index < -0.39 is 13.3 Å². The number of benzene rings is 3. The van der Waals surface area contributed by atoms with E-state index in [1.165, 1.54) is 58.8 Å². The standard InChI is InChI=1S/C30H33GeNS/c1-17(2)25-16-22(15-21-13-18(3)19(4)14-26(21)25)28-30-24(11-12-32-28)23-9-10-27(31(6,7)8)20(5)29(23)33-30/h9-17H,1-8H3. The minimum Gasteiger partial charge on any atom is -0.0395 e. The summed E-state index contributed by atoms with van der Waals surface area (Å²) in [5.41, 5.74) is 7.95. The second-order valence-corrected chi connectivity index (χ2v) is 22.5. The molecule has 0 spiro atoms. The molecular weight excluding hydrogens is 479 g/mol. The van der Waals surface area contributed by atoms with Crippen LogP contribution in [0.5, 0.6) is 0 Å². The van der Waals surface area contributed by atoms with E-state index in [0.717, 1.165) is 5.69 Å². The predicted molar refractivity (Wildman–Crippen MR) is 151 cm³/mol. The van der Waals surface area contributed by atoms with Crippen molar-refractivity contribution < 1.29 is 0 Å². The van der Waals surface area contributed by atoms with Gasteiger partial charge in [0.1, 0.15) is 0 Å².